The number of hydrogen-bond acceptors (Lipinski definition) is 6. The molecule has 3 unspecified atom stereocenters. The zero-order valence-electron chi connectivity index (χ0n) is 19.7. The molecule has 182 valence electrons. The van der Waals surface area contributed by atoms with E-state index in [9.17, 15) is 24.0 Å². The maximum absolute atomic E-state index is 13.7. The van der Waals surface area contributed by atoms with Crippen LogP contribution in [0.5, 0.6) is 0 Å². The summed E-state index contributed by atoms with van der Waals surface area (Å²) in [6.45, 7) is 6.25. The molecule has 3 heterocycles. The van der Waals surface area contributed by atoms with E-state index in [4.69, 9.17) is 4.74 Å². The molecule has 34 heavy (non-hydrogen) atoms. The Bertz CT molecular complexity index is 1020. The first-order chi connectivity index (χ1) is 16.1. The normalized spacial score (nSPS) is 25.4. The number of likely N-dealkylation sites (tertiary alicyclic amines) is 2. The standard InChI is InChI=1S/C24H30FN5O4/c1-24(2,3)34-23(33)27-19(21(31)29-9-5-8-17(29)12-26)14-28-13-18-11-20(28)22(32)30(18)16-7-4-6-15(25)10-16/h4,6-7,10,17-20H,5,8-9,11,13-14H2,1-3H3,(H,27,33)/t17?,18-,19?,20?/m0/s1. The average Bonchev–Trinajstić information content (AvgIpc) is 3.45. The Morgan fingerprint density at radius 2 is 2.12 bits per heavy atom. The Balaban J connectivity index is 1.49. The van der Waals surface area contributed by atoms with Gasteiger partial charge in [0.05, 0.1) is 18.2 Å². The summed E-state index contributed by atoms with van der Waals surface area (Å²) in [6, 6.07) is 6.01. The minimum atomic E-state index is -0.960. The number of hydrogen-bond donors (Lipinski definition) is 1. The number of halogens is 1. The molecule has 1 N–H and O–H groups in total. The molecule has 4 atom stereocenters. The molecule has 3 fully saturated rings. The Labute approximate surface area is 198 Å². The van der Waals surface area contributed by atoms with Crippen molar-refractivity contribution in [2.45, 2.75) is 69.8 Å². The Kier molecular flexibility index (Phi) is 6.49. The van der Waals surface area contributed by atoms with Gasteiger partial charge in [0, 0.05) is 25.3 Å². The minimum absolute atomic E-state index is 0.122. The van der Waals surface area contributed by atoms with Gasteiger partial charge in [-0.2, -0.15) is 5.26 Å². The summed E-state index contributed by atoms with van der Waals surface area (Å²) in [5, 5.41) is 12.1. The number of nitrogens with one attached hydrogen (secondary N) is 1. The van der Waals surface area contributed by atoms with Crippen molar-refractivity contribution in [2.75, 3.05) is 24.5 Å². The molecule has 2 bridgehead atoms. The SMILES string of the molecule is CC(C)(C)OC(=O)NC(CN1C[C@@H]2CC1C(=O)N2c1cccc(F)c1)C(=O)N1CCCC1C#N. The van der Waals surface area contributed by atoms with E-state index in [1.807, 2.05) is 4.90 Å². The fourth-order valence-corrected chi connectivity index (χ4v) is 5.06. The first-order valence-electron chi connectivity index (χ1n) is 11.6. The maximum atomic E-state index is 13.7. The lowest BCUT2D eigenvalue weighted by atomic mass is 10.1. The summed E-state index contributed by atoms with van der Waals surface area (Å²) in [4.78, 5) is 44.0. The molecule has 3 aliphatic rings. The lowest BCUT2D eigenvalue weighted by molar-refractivity contribution is -0.135. The van der Waals surface area contributed by atoms with Crippen molar-refractivity contribution in [3.8, 4) is 6.07 Å². The third kappa shape index (κ3) is 4.85. The number of carbonyl (C=O) groups excluding carboxylic acids is 3. The molecule has 0 aromatic heterocycles. The van der Waals surface area contributed by atoms with Crippen LogP contribution in [0.2, 0.25) is 0 Å². The summed E-state index contributed by atoms with van der Waals surface area (Å²) < 4.78 is 19.1. The van der Waals surface area contributed by atoms with Crippen molar-refractivity contribution >= 4 is 23.6 Å². The van der Waals surface area contributed by atoms with E-state index in [2.05, 4.69) is 11.4 Å². The van der Waals surface area contributed by atoms with Crippen molar-refractivity contribution in [1.29, 1.82) is 5.26 Å². The van der Waals surface area contributed by atoms with Crippen molar-refractivity contribution in [3.05, 3.63) is 30.1 Å². The summed E-state index contributed by atoms with van der Waals surface area (Å²) in [6.07, 6.45) is 1.15. The summed E-state index contributed by atoms with van der Waals surface area (Å²) >= 11 is 0. The number of anilines is 1. The Hall–Kier alpha value is -3.19. The van der Waals surface area contributed by atoms with E-state index in [1.54, 1.807) is 37.8 Å². The second-order valence-electron chi connectivity index (χ2n) is 10.1. The molecule has 1 aromatic rings. The van der Waals surface area contributed by atoms with Crippen LogP contribution in [0.1, 0.15) is 40.0 Å². The molecular weight excluding hydrogens is 441 g/mol. The molecule has 0 spiro atoms. The van der Waals surface area contributed by atoms with Crippen LogP contribution < -0.4 is 10.2 Å². The summed E-state index contributed by atoms with van der Waals surface area (Å²) in [5.41, 5.74) is -0.222. The van der Waals surface area contributed by atoms with E-state index in [0.29, 0.717) is 31.6 Å². The molecule has 3 saturated heterocycles. The van der Waals surface area contributed by atoms with Gasteiger partial charge in [0.15, 0.2) is 0 Å². The summed E-state index contributed by atoms with van der Waals surface area (Å²) in [7, 11) is 0. The molecule has 3 aliphatic heterocycles. The molecule has 0 radical (unpaired) electrons. The minimum Gasteiger partial charge on any atom is -0.444 e. The molecule has 0 saturated carbocycles. The van der Waals surface area contributed by atoms with Crippen LogP contribution in [0.4, 0.5) is 14.9 Å². The summed E-state index contributed by atoms with van der Waals surface area (Å²) in [5.74, 6) is -0.914. The van der Waals surface area contributed by atoms with Crippen LogP contribution in [0.25, 0.3) is 0 Å². The number of carbonyl (C=O) groups is 3. The first kappa shape index (κ1) is 24.0. The molecule has 0 aliphatic carbocycles. The predicted octanol–water partition coefficient (Wildman–Crippen LogP) is 2.02. The third-order valence-corrected chi connectivity index (χ3v) is 6.45. The van der Waals surface area contributed by atoms with Gasteiger partial charge < -0.3 is 19.9 Å². The number of ether oxygens (including phenoxy) is 1. The van der Waals surface area contributed by atoms with Crippen LogP contribution in [0.15, 0.2) is 24.3 Å². The highest BCUT2D eigenvalue weighted by Gasteiger charge is 2.51. The fourth-order valence-electron chi connectivity index (χ4n) is 5.06. The highest BCUT2D eigenvalue weighted by molar-refractivity contribution is 6.01. The van der Waals surface area contributed by atoms with Crippen LogP contribution in [-0.2, 0) is 14.3 Å². The lowest BCUT2D eigenvalue weighted by Gasteiger charge is -2.36. The van der Waals surface area contributed by atoms with E-state index >= 15 is 0 Å². The zero-order valence-corrected chi connectivity index (χ0v) is 19.7. The van der Waals surface area contributed by atoms with Gasteiger partial charge in [0.1, 0.15) is 23.5 Å². The number of amides is 3. The molecule has 9 nitrogen and oxygen atoms in total. The number of fused-ring (bicyclic) bond motifs is 2. The van der Waals surface area contributed by atoms with Crippen molar-refractivity contribution < 1.29 is 23.5 Å². The van der Waals surface area contributed by atoms with Gasteiger partial charge in [-0.05, 0) is 58.2 Å². The van der Waals surface area contributed by atoms with E-state index in [-0.39, 0.29) is 24.4 Å². The first-order valence-corrected chi connectivity index (χ1v) is 11.6. The van der Waals surface area contributed by atoms with Gasteiger partial charge in [0.25, 0.3) is 0 Å². The van der Waals surface area contributed by atoms with Crippen molar-refractivity contribution in [3.63, 3.8) is 0 Å². The van der Waals surface area contributed by atoms with Gasteiger partial charge in [-0.1, -0.05) is 6.07 Å². The molecule has 1 aromatic carbocycles. The molecular formula is C24H30FN5O4. The Morgan fingerprint density at radius 3 is 2.76 bits per heavy atom. The lowest BCUT2D eigenvalue weighted by Crippen LogP contribution is -2.59. The smallest absolute Gasteiger partial charge is 0.408 e. The topological polar surface area (TPSA) is 106 Å². The highest BCUT2D eigenvalue weighted by Crippen LogP contribution is 2.36. The number of piperazine rings is 1. The maximum Gasteiger partial charge on any atom is 0.408 e. The Morgan fingerprint density at radius 1 is 1.35 bits per heavy atom. The number of nitrogens with zero attached hydrogens (tertiary/aromatic N) is 4. The second-order valence-corrected chi connectivity index (χ2v) is 10.1. The second kappa shape index (κ2) is 9.22. The van der Waals surface area contributed by atoms with Crippen LogP contribution in [0.3, 0.4) is 0 Å². The average molecular weight is 472 g/mol. The molecule has 3 amide bonds. The van der Waals surface area contributed by atoms with Gasteiger partial charge in [-0.3, -0.25) is 14.5 Å². The van der Waals surface area contributed by atoms with Crippen molar-refractivity contribution in [2.24, 2.45) is 0 Å². The van der Waals surface area contributed by atoms with Gasteiger partial charge >= 0.3 is 6.09 Å². The molecule has 10 heteroatoms. The zero-order chi connectivity index (χ0) is 24.6. The highest BCUT2D eigenvalue weighted by atomic mass is 19.1. The van der Waals surface area contributed by atoms with Crippen LogP contribution in [0, 0.1) is 17.1 Å². The predicted molar refractivity (Wildman–Crippen MR) is 121 cm³/mol. The largest absolute Gasteiger partial charge is 0.444 e. The fraction of sp³-hybridized carbons (Fsp3) is 0.583. The number of nitriles is 1. The monoisotopic (exact) mass is 471 g/mol. The molecule has 4 rings (SSSR count). The van der Waals surface area contributed by atoms with Gasteiger partial charge in [-0.25, -0.2) is 9.18 Å². The van der Waals surface area contributed by atoms with Crippen LogP contribution in [-0.4, -0.2) is 77.1 Å². The van der Waals surface area contributed by atoms with Gasteiger partial charge in [-0.15, -0.1) is 0 Å². The van der Waals surface area contributed by atoms with E-state index in [1.165, 1.54) is 17.0 Å². The number of benzene rings is 1. The van der Waals surface area contributed by atoms with Crippen molar-refractivity contribution in [1.82, 2.24) is 15.1 Å². The third-order valence-electron chi connectivity index (χ3n) is 6.45. The quantitative estimate of drug-likeness (QED) is 0.704. The van der Waals surface area contributed by atoms with Gasteiger partial charge in [0.2, 0.25) is 11.8 Å². The number of rotatable bonds is 5. The number of alkyl carbamates (subject to hydrolysis) is 1. The van der Waals surface area contributed by atoms with E-state index in [0.717, 1.165) is 6.42 Å². The van der Waals surface area contributed by atoms with Crippen LogP contribution >= 0.6 is 0 Å². The van der Waals surface area contributed by atoms with E-state index < -0.39 is 35.6 Å².